The fourth-order valence-corrected chi connectivity index (χ4v) is 2.31. The number of aromatic nitrogens is 1. The number of hydrogen-bond acceptors (Lipinski definition) is 6. The summed E-state index contributed by atoms with van der Waals surface area (Å²) in [6.45, 7) is 5.63. The molecule has 1 aromatic heterocycles. The fraction of sp³-hybridized carbons (Fsp3) is 0.350. The van der Waals surface area contributed by atoms with Crippen LogP contribution in [-0.4, -0.2) is 29.7 Å². The second-order valence-corrected chi connectivity index (χ2v) is 6.32. The highest BCUT2D eigenvalue weighted by Gasteiger charge is 2.23. The van der Waals surface area contributed by atoms with Crippen molar-refractivity contribution >= 4 is 11.5 Å². The van der Waals surface area contributed by atoms with Crippen LogP contribution < -0.4 is 15.9 Å². The molecular weight excluding hydrogens is 380 g/mol. The summed E-state index contributed by atoms with van der Waals surface area (Å²) in [4.78, 5) is 9.53. The number of rotatable bonds is 9. The van der Waals surface area contributed by atoms with Gasteiger partial charge >= 0.3 is 0 Å². The third-order valence-electron chi connectivity index (χ3n) is 3.94. The van der Waals surface area contributed by atoms with E-state index in [1.54, 1.807) is 37.4 Å². The van der Waals surface area contributed by atoms with Gasteiger partial charge in [0.1, 0.15) is 13.2 Å². The lowest BCUT2D eigenvalue weighted by molar-refractivity contribution is 0.0174. The number of hydrogen-bond donors (Lipinski definition) is 2. The van der Waals surface area contributed by atoms with E-state index >= 15 is 0 Å². The maximum absolute atomic E-state index is 13.2. The number of nitrogens with one attached hydrogen (secondary N) is 1. The lowest BCUT2D eigenvalue weighted by Gasteiger charge is -2.10. The molecule has 7 nitrogen and oxygen atoms in total. The number of ether oxygens (including phenoxy) is 1. The van der Waals surface area contributed by atoms with Crippen LogP contribution in [0, 0.1) is 0 Å². The van der Waals surface area contributed by atoms with Crippen molar-refractivity contribution in [2.45, 2.75) is 33.3 Å². The van der Waals surface area contributed by atoms with E-state index in [4.69, 9.17) is 15.4 Å². The molecular formula is C20H25F2N5O2. The zero-order chi connectivity index (χ0) is 21.3. The van der Waals surface area contributed by atoms with Crippen molar-refractivity contribution in [3.05, 3.63) is 59.3 Å². The standard InChI is InChI=1S/C20H25F2N5O2/c1-4-24-18(26-23)13-28-19-10-7-16(11-25-19)14(2)27-29-12-15-5-8-17(9-6-15)20(3,21)22/h5-11H,4,12-13,23H2,1-3H3,(H,24,26)/b27-14+. The number of amidine groups is 1. The first-order chi connectivity index (χ1) is 13.8. The van der Waals surface area contributed by atoms with Crippen LogP contribution in [0.15, 0.2) is 52.9 Å². The predicted octanol–water partition coefficient (Wildman–Crippen LogP) is 3.39. The van der Waals surface area contributed by atoms with Gasteiger partial charge in [0.2, 0.25) is 5.88 Å². The number of hydrazone groups is 1. The largest absolute Gasteiger partial charge is 0.469 e. The molecule has 3 N–H and O–H groups in total. The van der Waals surface area contributed by atoms with Crippen molar-refractivity contribution in [2.75, 3.05) is 13.2 Å². The smallest absolute Gasteiger partial charge is 0.270 e. The average molecular weight is 405 g/mol. The predicted molar refractivity (Wildman–Crippen MR) is 108 cm³/mol. The van der Waals surface area contributed by atoms with E-state index in [1.807, 2.05) is 6.92 Å². The Bertz CT molecular complexity index is 831. The molecule has 0 saturated heterocycles. The van der Waals surface area contributed by atoms with Crippen molar-refractivity contribution in [3.63, 3.8) is 0 Å². The molecule has 0 aliphatic heterocycles. The maximum Gasteiger partial charge on any atom is 0.270 e. The molecule has 0 aliphatic carbocycles. The molecule has 0 spiro atoms. The quantitative estimate of drug-likeness (QED) is 0.289. The van der Waals surface area contributed by atoms with E-state index in [-0.39, 0.29) is 18.8 Å². The molecule has 0 saturated carbocycles. The molecule has 0 radical (unpaired) electrons. The van der Waals surface area contributed by atoms with Crippen molar-refractivity contribution in [1.29, 1.82) is 0 Å². The number of pyridine rings is 1. The molecule has 1 heterocycles. The van der Waals surface area contributed by atoms with Crippen molar-refractivity contribution in [3.8, 4) is 5.88 Å². The Hall–Kier alpha value is -3.23. The van der Waals surface area contributed by atoms with Crippen LogP contribution in [0.2, 0.25) is 0 Å². The summed E-state index contributed by atoms with van der Waals surface area (Å²) in [6.07, 6.45) is 1.61. The Balaban J connectivity index is 1.88. The minimum atomic E-state index is -2.86. The second-order valence-electron chi connectivity index (χ2n) is 6.32. The van der Waals surface area contributed by atoms with Gasteiger partial charge < -0.3 is 20.7 Å². The molecule has 2 rings (SSSR count). The number of nitrogens with zero attached hydrogens (tertiary/aromatic N) is 3. The Morgan fingerprint density at radius 2 is 1.93 bits per heavy atom. The van der Waals surface area contributed by atoms with E-state index in [0.717, 1.165) is 18.1 Å². The molecule has 156 valence electrons. The van der Waals surface area contributed by atoms with Crippen molar-refractivity contribution in [1.82, 2.24) is 10.3 Å². The summed E-state index contributed by atoms with van der Waals surface area (Å²) in [5, 5.41) is 10.6. The van der Waals surface area contributed by atoms with Crippen LogP contribution in [0.25, 0.3) is 0 Å². The van der Waals surface area contributed by atoms with Gasteiger partial charge in [0.05, 0.1) is 5.71 Å². The minimum absolute atomic E-state index is 0.0374. The first-order valence-electron chi connectivity index (χ1n) is 9.07. The van der Waals surface area contributed by atoms with Gasteiger partial charge in [-0.15, -0.1) is 0 Å². The summed E-state index contributed by atoms with van der Waals surface area (Å²) in [6, 6.07) is 9.46. The number of benzene rings is 1. The molecule has 2 aromatic rings. The summed E-state index contributed by atoms with van der Waals surface area (Å²) < 4.78 is 31.9. The Kier molecular flexibility index (Phi) is 7.88. The molecule has 0 fully saturated rings. The first kappa shape index (κ1) is 22.1. The van der Waals surface area contributed by atoms with Crippen LogP contribution in [0.3, 0.4) is 0 Å². The first-order valence-corrected chi connectivity index (χ1v) is 9.07. The molecule has 0 amide bonds. The average Bonchev–Trinajstić information content (AvgIpc) is 2.71. The van der Waals surface area contributed by atoms with Gasteiger partial charge in [-0.05, 0) is 25.5 Å². The lowest BCUT2D eigenvalue weighted by Crippen LogP contribution is -2.30. The summed E-state index contributed by atoms with van der Waals surface area (Å²) in [5.74, 6) is 3.36. The minimum Gasteiger partial charge on any atom is -0.469 e. The van der Waals surface area contributed by atoms with Crippen molar-refractivity contribution < 1.29 is 18.4 Å². The second kappa shape index (κ2) is 10.4. The monoisotopic (exact) mass is 405 g/mol. The van der Waals surface area contributed by atoms with Crippen LogP contribution >= 0.6 is 0 Å². The van der Waals surface area contributed by atoms with Gasteiger partial charge in [-0.25, -0.2) is 13.8 Å². The maximum atomic E-state index is 13.2. The highest BCUT2D eigenvalue weighted by Crippen LogP contribution is 2.26. The van der Waals surface area contributed by atoms with Crippen LogP contribution in [0.5, 0.6) is 5.88 Å². The highest BCUT2D eigenvalue weighted by atomic mass is 19.3. The molecule has 0 aliphatic rings. The molecule has 0 bridgehead atoms. The topological polar surface area (TPSA) is 94.1 Å². The number of likely N-dealkylation sites (N-methyl/N-ethyl adjacent to an activating group) is 1. The van der Waals surface area contributed by atoms with E-state index in [1.165, 1.54) is 12.1 Å². The van der Waals surface area contributed by atoms with E-state index in [0.29, 0.717) is 24.0 Å². The zero-order valence-corrected chi connectivity index (χ0v) is 16.7. The summed E-state index contributed by atoms with van der Waals surface area (Å²) in [7, 11) is 0. The molecule has 29 heavy (non-hydrogen) atoms. The summed E-state index contributed by atoms with van der Waals surface area (Å²) >= 11 is 0. The Labute approximate surface area is 168 Å². The van der Waals surface area contributed by atoms with Gasteiger partial charge in [-0.3, -0.25) is 0 Å². The van der Waals surface area contributed by atoms with Crippen molar-refractivity contribution in [2.24, 2.45) is 16.1 Å². The van der Waals surface area contributed by atoms with Crippen LogP contribution in [0.4, 0.5) is 8.78 Å². The molecule has 1 aromatic carbocycles. The van der Waals surface area contributed by atoms with Crippen LogP contribution in [-0.2, 0) is 17.4 Å². The normalized spacial score (nSPS) is 12.6. The molecule has 9 heteroatoms. The third-order valence-corrected chi connectivity index (χ3v) is 3.94. The lowest BCUT2D eigenvalue weighted by atomic mass is 10.1. The Morgan fingerprint density at radius 1 is 1.21 bits per heavy atom. The van der Waals surface area contributed by atoms with Gasteiger partial charge in [0, 0.05) is 36.9 Å². The van der Waals surface area contributed by atoms with E-state index < -0.39 is 5.92 Å². The number of alkyl halides is 2. The van der Waals surface area contributed by atoms with E-state index in [9.17, 15) is 8.78 Å². The number of halogens is 2. The molecule has 0 atom stereocenters. The SMILES string of the molecule is CCN/C(COc1ccc(/C(C)=N/OCc2ccc(C(C)(F)F)cc2)cn1)=N\N. The van der Waals surface area contributed by atoms with Gasteiger partial charge in [0.15, 0.2) is 5.84 Å². The third kappa shape index (κ3) is 7.02. The zero-order valence-electron chi connectivity index (χ0n) is 16.7. The Morgan fingerprint density at radius 3 is 2.48 bits per heavy atom. The highest BCUT2D eigenvalue weighted by molar-refractivity contribution is 5.98. The fourth-order valence-electron chi connectivity index (χ4n) is 2.31. The van der Waals surface area contributed by atoms with Gasteiger partial charge in [-0.2, -0.15) is 5.10 Å². The van der Waals surface area contributed by atoms with Gasteiger partial charge in [0.25, 0.3) is 5.92 Å². The van der Waals surface area contributed by atoms with Gasteiger partial charge in [-0.1, -0.05) is 29.4 Å². The van der Waals surface area contributed by atoms with Crippen LogP contribution in [0.1, 0.15) is 37.5 Å². The number of nitrogens with two attached hydrogens (primary N) is 1. The van der Waals surface area contributed by atoms with E-state index in [2.05, 4.69) is 20.6 Å². The molecule has 0 unspecified atom stereocenters. The summed E-state index contributed by atoms with van der Waals surface area (Å²) in [5.41, 5.74) is 2.09. The number of oxime groups is 1.